The Morgan fingerprint density at radius 3 is 2.61 bits per heavy atom. The molecule has 2 fully saturated rings. The first-order chi connectivity index (χ1) is 8.49. The van der Waals surface area contributed by atoms with Crippen molar-refractivity contribution in [1.29, 1.82) is 0 Å². The van der Waals surface area contributed by atoms with Gasteiger partial charge >= 0.3 is 5.97 Å². The number of carboxylic acids is 1. The molecule has 0 radical (unpaired) electrons. The molecule has 0 bridgehead atoms. The Balaban J connectivity index is 1.99. The van der Waals surface area contributed by atoms with Gasteiger partial charge in [-0.3, -0.25) is 19.2 Å². The van der Waals surface area contributed by atoms with E-state index in [1.807, 2.05) is 6.92 Å². The van der Waals surface area contributed by atoms with E-state index >= 15 is 0 Å². The molecule has 1 aliphatic carbocycles. The van der Waals surface area contributed by atoms with Crippen LogP contribution in [0.2, 0.25) is 0 Å². The number of aliphatic carboxylic acids is 1. The van der Waals surface area contributed by atoms with Crippen molar-refractivity contribution < 1.29 is 24.3 Å². The zero-order valence-electron chi connectivity index (χ0n) is 10.0. The van der Waals surface area contributed by atoms with Gasteiger partial charge in [0.15, 0.2) is 0 Å². The van der Waals surface area contributed by atoms with Crippen LogP contribution in [-0.2, 0) is 19.2 Å². The molecule has 7 nitrogen and oxygen atoms in total. The molecule has 2 amide bonds. The quantitative estimate of drug-likeness (QED) is 0.618. The van der Waals surface area contributed by atoms with E-state index in [0.29, 0.717) is 12.8 Å². The topological polar surface area (TPSA) is 105 Å². The summed E-state index contributed by atoms with van der Waals surface area (Å²) >= 11 is 0. The van der Waals surface area contributed by atoms with Crippen LogP contribution in [-0.4, -0.2) is 35.5 Å². The first-order valence-corrected chi connectivity index (χ1v) is 5.94. The molecule has 18 heavy (non-hydrogen) atoms. The minimum absolute atomic E-state index is 0.0740. The van der Waals surface area contributed by atoms with Crippen LogP contribution in [0.25, 0.3) is 0 Å². The molecule has 1 saturated heterocycles. The molecule has 0 spiro atoms. The molecule has 0 aromatic heterocycles. The second-order valence-corrected chi connectivity index (χ2v) is 4.97. The molecule has 1 aliphatic heterocycles. The second-order valence-electron chi connectivity index (χ2n) is 4.97. The predicted molar refractivity (Wildman–Crippen MR) is 59.0 cm³/mol. The Labute approximate surface area is 104 Å². The van der Waals surface area contributed by atoms with Crippen molar-refractivity contribution in [1.82, 2.24) is 10.8 Å². The molecule has 1 heterocycles. The highest BCUT2D eigenvalue weighted by Gasteiger charge is 2.42. The summed E-state index contributed by atoms with van der Waals surface area (Å²) < 4.78 is 0. The van der Waals surface area contributed by atoms with E-state index in [-0.39, 0.29) is 18.4 Å². The van der Waals surface area contributed by atoms with Gasteiger partial charge < -0.3 is 10.4 Å². The van der Waals surface area contributed by atoms with Crippen molar-refractivity contribution in [2.75, 3.05) is 6.61 Å². The average Bonchev–Trinajstić information content (AvgIpc) is 2.86. The van der Waals surface area contributed by atoms with Gasteiger partial charge in [0.25, 0.3) is 5.91 Å². The van der Waals surface area contributed by atoms with Crippen LogP contribution < -0.4 is 10.8 Å². The highest BCUT2D eigenvalue weighted by Crippen LogP contribution is 2.36. The SMILES string of the molecule is CC1C[C@H](C(=O)N[C@@H]2CONC2=O)[C@H](C(=O)O)C1. The molecule has 4 atom stereocenters. The number of rotatable bonds is 3. The number of carbonyl (C=O) groups is 3. The fraction of sp³-hybridized carbons (Fsp3) is 0.727. The zero-order valence-corrected chi connectivity index (χ0v) is 10.0. The van der Waals surface area contributed by atoms with Gasteiger partial charge in [-0.05, 0) is 18.8 Å². The van der Waals surface area contributed by atoms with Gasteiger partial charge in [0.2, 0.25) is 5.91 Å². The van der Waals surface area contributed by atoms with Gasteiger partial charge in [0.05, 0.1) is 11.8 Å². The number of nitrogens with one attached hydrogen (secondary N) is 2. The molecule has 7 heteroatoms. The predicted octanol–water partition coefficient (Wildman–Crippen LogP) is -0.720. The standard InChI is InChI=1S/C11H16N2O5/c1-5-2-6(7(3-5)11(16)17)9(14)12-8-4-18-13-10(8)15/h5-8H,2-4H2,1H3,(H,12,14)(H,13,15)(H,16,17)/t5?,6-,7+,8+/m0/s1. The summed E-state index contributed by atoms with van der Waals surface area (Å²) in [5.74, 6) is -2.75. The molecule has 2 rings (SSSR count). The normalized spacial score (nSPS) is 35.3. The van der Waals surface area contributed by atoms with E-state index in [1.165, 1.54) is 0 Å². The lowest BCUT2D eigenvalue weighted by Gasteiger charge is -2.17. The summed E-state index contributed by atoms with van der Waals surface area (Å²) in [6.45, 7) is 2.00. The maximum absolute atomic E-state index is 12.0. The van der Waals surface area contributed by atoms with Crippen molar-refractivity contribution in [2.45, 2.75) is 25.8 Å². The lowest BCUT2D eigenvalue weighted by atomic mass is 9.95. The van der Waals surface area contributed by atoms with Gasteiger partial charge in [-0.15, -0.1) is 0 Å². The molecule has 1 unspecified atom stereocenters. The number of amides is 2. The monoisotopic (exact) mass is 256 g/mol. The summed E-state index contributed by atoms with van der Waals surface area (Å²) in [7, 11) is 0. The lowest BCUT2D eigenvalue weighted by molar-refractivity contribution is -0.146. The summed E-state index contributed by atoms with van der Waals surface area (Å²) in [5.41, 5.74) is 2.14. The Morgan fingerprint density at radius 2 is 2.06 bits per heavy atom. The number of carboxylic acid groups (broad SMARTS) is 1. The minimum Gasteiger partial charge on any atom is -0.481 e. The summed E-state index contributed by atoms with van der Waals surface area (Å²) in [5, 5.41) is 11.6. The van der Waals surface area contributed by atoms with Crippen LogP contribution in [0.3, 0.4) is 0 Å². The smallest absolute Gasteiger partial charge is 0.307 e. The van der Waals surface area contributed by atoms with Crippen molar-refractivity contribution in [3.63, 3.8) is 0 Å². The number of hydroxylamine groups is 1. The van der Waals surface area contributed by atoms with Crippen molar-refractivity contribution in [2.24, 2.45) is 17.8 Å². The number of carbonyl (C=O) groups excluding carboxylic acids is 2. The van der Waals surface area contributed by atoms with Crippen molar-refractivity contribution >= 4 is 17.8 Å². The maximum Gasteiger partial charge on any atom is 0.307 e. The molecular formula is C11H16N2O5. The Bertz CT molecular complexity index is 384. The Morgan fingerprint density at radius 1 is 1.39 bits per heavy atom. The maximum atomic E-state index is 12.0. The number of hydrogen-bond acceptors (Lipinski definition) is 4. The van der Waals surface area contributed by atoms with E-state index in [1.54, 1.807) is 0 Å². The molecule has 100 valence electrons. The highest BCUT2D eigenvalue weighted by molar-refractivity contribution is 5.91. The number of hydrogen-bond donors (Lipinski definition) is 3. The van der Waals surface area contributed by atoms with E-state index < -0.39 is 29.8 Å². The summed E-state index contributed by atoms with van der Waals surface area (Å²) in [6.07, 6.45) is 1.04. The van der Waals surface area contributed by atoms with Crippen molar-refractivity contribution in [3.05, 3.63) is 0 Å². The first kappa shape index (κ1) is 12.8. The average molecular weight is 256 g/mol. The third-order valence-corrected chi connectivity index (χ3v) is 3.51. The lowest BCUT2D eigenvalue weighted by Crippen LogP contribution is -2.45. The third-order valence-electron chi connectivity index (χ3n) is 3.51. The van der Waals surface area contributed by atoms with E-state index in [4.69, 9.17) is 9.94 Å². The van der Waals surface area contributed by atoms with Gasteiger partial charge in [-0.1, -0.05) is 6.92 Å². The molecule has 2 aliphatic rings. The van der Waals surface area contributed by atoms with E-state index in [2.05, 4.69) is 10.8 Å². The van der Waals surface area contributed by atoms with Crippen LogP contribution in [0.15, 0.2) is 0 Å². The van der Waals surface area contributed by atoms with Crippen LogP contribution >= 0.6 is 0 Å². The van der Waals surface area contributed by atoms with E-state index in [9.17, 15) is 14.4 Å². The van der Waals surface area contributed by atoms with E-state index in [0.717, 1.165) is 0 Å². The molecule has 0 aromatic carbocycles. The largest absolute Gasteiger partial charge is 0.481 e. The second kappa shape index (κ2) is 4.93. The van der Waals surface area contributed by atoms with Gasteiger partial charge in [-0.25, -0.2) is 5.48 Å². The third kappa shape index (κ3) is 2.45. The fourth-order valence-corrected chi connectivity index (χ4v) is 2.58. The Kier molecular flexibility index (Phi) is 3.51. The fourth-order valence-electron chi connectivity index (χ4n) is 2.58. The first-order valence-electron chi connectivity index (χ1n) is 5.94. The molecule has 0 aromatic rings. The van der Waals surface area contributed by atoms with Crippen LogP contribution in [0.1, 0.15) is 19.8 Å². The van der Waals surface area contributed by atoms with Crippen LogP contribution in [0.4, 0.5) is 0 Å². The van der Waals surface area contributed by atoms with Gasteiger partial charge in [-0.2, -0.15) is 0 Å². The molecule has 1 saturated carbocycles. The molecule has 3 N–H and O–H groups in total. The summed E-state index contributed by atoms with van der Waals surface area (Å²) in [4.78, 5) is 39.0. The van der Waals surface area contributed by atoms with Gasteiger partial charge in [0, 0.05) is 0 Å². The minimum atomic E-state index is -0.952. The summed E-state index contributed by atoms with van der Waals surface area (Å²) in [6, 6.07) is -0.720. The van der Waals surface area contributed by atoms with Crippen LogP contribution in [0.5, 0.6) is 0 Å². The highest BCUT2D eigenvalue weighted by atomic mass is 16.7. The van der Waals surface area contributed by atoms with Crippen LogP contribution in [0, 0.1) is 17.8 Å². The van der Waals surface area contributed by atoms with Crippen molar-refractivity contribution in [3.8, 4) is 0 Å². The molecular weight excluding hydrogens is 240 g/mol. The zero-order chi connectivity index (χ0) is 13.3. The Hall–Kier alpha value is -1.63. The van der Waals surface area contributed by atoms with Gasteiger partial charge in [0.1, 0.15) is 12.6 Å².